The Kier molecular flexibility index (Phi) is 5.14. The first kappa shape index (κ1) is 19.5. The van der Waals surface area contributed by atoms with E-state index in [9.17, 15) is 9.59 Å². The van der Waals surface area contributed by atoms with Gasteiger partial charge in [0.15, 0.2) is 17.6 Å². The molecule has 30 heavy (non-hydrogen) atoms. The number of benzene rings is 2. The van der Waals surface area contributed by atoms with Crippen molar-refractivity contribution in [1.82, 2.24) is 9.78 Å². The summed E-state index contributed by atoms with van der Waals surface area (Å²) in [6, 6.07) is 13.9. The molecule has 2 heterocycles. The molecular formula is C22H21N3O5. The molecule has 8 nitrogen and oxygen atoms in total. The van der Waals surface area contributed by atoms with Crippen LogP contribution in [0.25, 0.3) is 5.69 Å². The minimum Gasteiger partial charge on any atom is -0.454 e. The molecule has 1 aliphatic heterocycles. The lowest BCUT2D eigenvalue weighted by Gasteiger charge is -2.14. The minimum atomic E-state index is -0.974. The SMILES string of the molecule is Cc1cc(C)n(-c2ccc(C(=O)OC(C)C(=O)Nc3ccc4c(c3)OCO4)cc2)n1. The van der Waals surface area contributed by atoms with Crippen molar-refractivity contribution >= 4 is 17.6 Å². The normalized spacial score (nSPS) is 13.0. The van der Waals surface area contributed by atoms with Crippen molar-refractivity contribution in [3.63, 3.8) is 0 Å². The standard InChI is InChI=1S/C22H21N3O5/c1-13-10-14(2)25(24-13)18-7-4-16(5-8-18)22(27)30-15(3)21(26)23-17-6-9-19-20(11-17)29-12-28-19/h4-11,15H,12H2,1-3H3,(H,23,26). The molecule has 0 fully saturated rings. The molecule has 1 atom stereocenters. The van der Waals surface area contributed by atoms with Gasteiger partial charge in [0.25, 0.3) is 5.91 Å². The first-order chi connectivity index (χ1) is 14.4. The summed E-state index contributed by atoms with van der Waals surface area (Å²) in [5.74, 6) is 0.154. The van der Waals surface area contributed by atoms with Crippen molar-refractivity contribution in [3.8, 4) is 17.2 Å². The van der Waals surface area contributed by atoms with Gasteiger partial charge in [-0.05, 0) is 63.2 Å². The Hall–Kier alpha value is -3.81. The molecule has 4 rings (SSSR count). The number of fused-ring (bicyclic) bond motifs is 1. The van der Waals surface area contributed by atoms with E-state index in [4.69, 9.17) is 14.2 Å². The van der Waals surface area contributed by atoms with Crippen molar-refractivity contribution in [3.05, 3.63) is 65.5 Å². The van der Waals surface area contributed by atoms with Gasteiger partial charge < -0.3 is 19.5 Å². The number of carbonyl (C=O) groups is 2. The number of hydrogen-bond donors (Lipinski definition) is 1. The summed E-state index contributed by atoms with van der Waals surface area (Å²) in [4.78, 5) is 24.8. The van der Waals surface area contributed by atoms with Gasteiger partial charge in [0.2, 0.25) is 6.79 Å². The van der Waals surface area contributed by atoms with Gasteiger partial charge in [-0.3, -0.25) is 4.79 Å². The summed E-state index contributed by atoms with van der Waals surface area (Å²) < 4.78 is 17.6. The van der Waals surface area contributed by atoms with Crippen LogP contribution < -0.4 is 14.8 Å². The largest absolute Gasteiger partial charge is 0.454 e. The summed E-state index contributed by atoms with van der Waals surface area (Å²) in [7, 11) is 0. The maximum atomic E-state index is 12.4. The average molecular weight is 407 g/mol. The molecule has 0 spiro atoms. The lowest BCUT2D eigenvalue weighted by molar-refractivity contribution is -0.123. The quantitative estimate of drug-likeness (QED) is 0.652. The van der Waals surface area contributed by atoms with Crippen molar-refractivity contribution < 1.29 is 23.8 Å². The number of nitrogens with one attached hydrogen (secondary N) is 1. The molecule has 1 unspecified atom stereocenters. The van der Waals surface area contributed by atoms with Gasteiger partial charge in [0, 0.05) is 17.4 Å². The average Bonchev–Trinajstić information content (AvgIpc) is 3.33. The van der Waals surface area contributed by atoms with Gasteiger partial charge in [0.05, 0.1) is 16.9 Å². The number of hydrogen-bond acceptors (Lipinski definition) is 6. The minimum absolute atomic E-state index is 0.152. The van der Waals surface area contributed by atoms with Gasteiger partial charge in [-0.25, -0.2) is 9.48 Å². The van der Waals surface area contributed by atoms with E-state index in [1.807, 2.05) is 19.9 Å². The maximum Gasteiger partial charge on any atom is 0.338 e. The van der Waals surface area contributed by atoms with E-state index in [-0.39, 0.29) is 6.79 Å². The molecule has 1 aliphatic rings. The fraction of sp³-hybridized carbons (Fsp3) is 0.227. The summed E-state index contributed by atoms with van der Waals surface area (Å²) in [5.41, 5.74) is 3.63. The van der Waals surface area contributed by atoms with E-state index in [1.165, 1.54) is 6.92 Å². The van der Waals surface area contributed by atoms with Crippen LogP contribution in [0.5, 0.6) is 11.5 Å². The third-order valence-electron chi connectivity index (χ3n) is 4.65. The molecule has 0 radical (unpaired) electrons. The number of amides is 1. The van der Waals surface area contributed by atoms with Crippen LogP contribution in [-0.4, -0.2) is 34.6 Å². The lowest BCUT2D eigenvalue weighted by atomic mass is 10.2. The topological polar surface area (TPSA) is 91.7 Å². The highest BCUT2D eigenvalue weighted by atomic mass is 16.7. The number of ether oxygens (including phenoxy) is 3. The van der Waals surface area contributed by atoms with Crippen LogP contribution in [0.1, 0.15) is 28.7 Å². The second kappa shape index (κ2) is 7.90. The second-order valence-corrected chi connectivity index (χ2v) is 6.99. The fourth-order valence-corrected chi connectivity index (χ4v) is 3.13. The third-order valence-corrected chi connectivity index (χ3v) is 4.65. The highest BCUT2D eigenvalue weighted by Crippen LogP contribution is 2.34. The van der Waals surface area contributed by atoms with E-state index in [1.54, 1.807) is 47.1 Å². The van der Waals surface area contributed by atoms with Crippen molar-refractivity contribution in [2.45, 2.75) is 26.9 Å². The van der Waals surface area contributed by atoms with E-state index in [2.05, 4.69) is 10.4 Å². The van der Waals surface area contributed by atoms with Crippen molar-refractivity contribution in [1.29, 1.82) is 0 Å². The van der Waals surface area contributed by atoms with Gasteiger partial charge in [-0.1, -0.05) is 0 Å². The van der Waals surface area contributed by atoms with Gasteiger partial charge in [0.1, 0.15) is 0 Å². The Morgan fingerprint density at radius 2 is 1.80 bits per heavy atom. The molecule has 0 bridgehead atoms. The Bertz CT molecular complexity index is 1100. The zero-order chi connectivity index (χ0) is 21.3. The van der Waals surface area contributed by atoms with Crippen LogP contribution in [-0.2, 0) is 9.53 Å². The number of nitrogens with zero attached hydrogens (tertiary/aromatic N) is 2. The van der Waals surface area contributed by atoms with E-state index < -0.39 is 18.0 Å². The Balaban J connectivity index is 1.38. The molecule has 2 aromatic carbocycles. The van der Waals surface area contributed by atoms with Crippen molar-refractivity contribution in [2.75, 3.05) is 12.1 Å². The first-order valence-corrected chi connectivity index (χ1v) is 9.46. The number of rotatable bonds is 5. The van der Waals surface area contributed by atoms with Crippen LogP contribution in [0.3, 0.4) is 0 Å². The predicted molar refractivity (Wildman–Crippen MR) is 109 cm³/mol. The molecule has 154 valence electrons. The lowest BCUT2D eigenvalue weighted by Crippen LogP contribution is -2.30. The molecule has 8 heteroatoms. The predicted octanol–water partition coefficient (Wildman–Crippen LogP) is 3.40. The molecular weight excluding hydrogens is 386 g/mol. The van der Waals surface area contributed by atoms with Crippen LogP contribution in [0.2, 0.25) is 0 Å². The van der Waals surface area contributed by atoms with Crippen LogP contribution >= 0.6 is 0 Å². The Morgan fingerprint density at radius 1 is 1.07 bits per heavy atom. The molecule has 1 aromatic heterocycles. The van der Waals surface area contributed by atoms with Crippen LogP contribution in [0.15, 0.2) is 48.5 Å². The highest BCUT2D eigenvalue weighted by molar-refractivity contribution is 5.97. The smallest absolute Gasteiger partial charge is 0.338 e. The number of anilines is 1. The highest BCUT2D eigenvalue weighted by Gasteiger charge is 2.21. The second-order valence-electron chi connectivity index (χ2n) is 6.99. The van der Waals surface area contributed by atoms with Gasteiger partial charge >= 0.3 is 5.97 Å². The Morgan fingerprint density at radius 3 is 2.50 bits per heavy atom. The molecule has 1 amide bonds. The number of aryl methyl sites for hydroxylation is 2. The maximum absolute atomic E-state index is 12.4. The van der Waals surface area contributed by atoms with Gasteiger partial charge in [-0.15, -0.1) is 0 Å². The summed E-state index contributed by atoms with van der Waals surface area (Å²) in [6.45, 7) is 5.55. The summed E-state index contributed by atoms with van der Waals surface area (Å²) >= 11 is 0. The fourth-order valence-electron chi connectivity index (χ4n) is 3.13. The number of aromatic nitrogens is 2. The number of esters is 1. The van der Waals surface area contributed by atoms with Crippen molar-refractivity contribution in [2.24, 2.45) is 0 Å². The Labute approximate surface area is 173 Å². The van der Waals surface area contributed by atoms with E-state index >= 15 is 0 Å². The van der Waals surface area contributed by atoms with Gasteiger partial charge in [-0.2, -0.15) is 5.10 Å². The zero-order valence-electron chi connectivity index (χ0n) is 16.8. The molecule has 1 N–H and O–H groups in total. The molecule has 0 aliphatic carbocycles. The van der Waals surface area contributed by atoms with Crippen LogP contribution in [0.4, 0.5) is 5.69 Å². The first-order valence-electron chi connectivity index (χ1n) is 9.46. The third kappa shape index (κ3) is 3.98. The molecule has 0 saturated heterocycles. The number of carbonyl (C=O) groups excluding carboxylic acids is 2. The molecule has 0 saturated carbocycles. The summed E-state index contributed by atoms with van der Waals surface area (Å²) in [5, 5.41) is 7.12. The zero-order valence-corrected chi connectivity index (χ0v) is 16.8. The monoisotopic (exact) mass is 407 g/mol. The molecule has 3 aromatic rings. The van der Waals surface area contributed by atoms with E-state index in [0.717, 1.165) is 17.1 Å². The van der Waals surface area contributed by atoms with Crippen LogP contribution in [0, 0.1) is 13.8 Å². The summed E-state index contributed by atoms with van der Waals surface area (Å²) in [6.07, 6.45) is -0.974. The van der Waals surface area contributed by atoms with E-state index in [0.29, 0.717) is 22.7 Å².